The lowest BCUT2D eigenvalue weighted by Crippen LogP contribution is -2.46. The second-order valence-corrected chi connectivity index (χ2v) is 10.0. The molecule has 2 heterocycles. The molecule has 5 nitrogen and oxygen atoms in total. The average Bonchev–Trinajstić information content (AvgIpc) is 3.18. The number of piperidine rings is 1. The number of likely N-dealkylation sites (tertiary alicyclic amines) is 2. The van der Waals surface area contributed by atoms with Gasteiger partial charge in [0.1, 0.15) is 0 Å². The normalized spacial score (nSPS) is 22.7. The van der Waals surface area contributed by atoms with Crippen molar-refractivity contribution in [3.63, 3.8) is 0 Å². The van der Waals surface area contributed by atoms with Crippen molar-refractivity contribution < 1.29 is 9.53 Å². The topological polar surface area (TPSA) is 44.8 Å². The predicted molar refractivity (Wildman–Crippen MR) is 125 cm³/mol. The highest BCUT2D eigenvalue weighted by Gasteiger charge is 2.41. The van der Waals surface area contributed by atoms with Gasteiger partial charge in [0.05, 0.1) is 13.2 Å². The molecule has 1 aliphatic carbocycles. The van der Waals surface area contributed by atoms with E-state index in [-0.39, 0.29) is 12.5 Å². The average molecular weight is 428 g/mol. The van der Waals surface area contributed by atoms with Gasteiger partial charge in [0.15, 0.2) is 0 Å². The van der Waals surface area contributed by atoms with Crippen LogP contribution in [0.1, 0.15) is 69.4 Å². The Morgan fingerprint density at radius 1 is 1.03 bits per heavy atom. The van der Waals surface area contributed by atoms with E-state index in [1.165, 1.54) is 88.7 Å². The highest BCUT2D eigenvalue weighted by atomic mass is 16.5. The Balaban J connectivity index is 1.19. The number of ether oxygens (including phenoxy) is 1. The first-order valence-corrected chi connectivity index (χ1v) is 12.6. The molecule has 1 aromatic carbocycles. The zero-order valence-corrected chi connectivity index (χ0v) is 19.4. The van der Waals surface area contributed by atoms with E-state index in [9.17, 15) is 4.79 Å². The van der Waals surface area contributed by atoms with Crippen LogP contribution in [-0.4, -0.2) is 61.1 Å². The van der Waals surface area contributed by atoms with Crippen molar-refractivity contribution in [1.82, 2.24) is 15.1 Å². The second-order valence-electron chi connectivity index (χ2n) is 10.0. The lowest BCUT2D eigenvalue weighted by Gasteiger charge is -2.43. The Bertz CT molecular complexity index is 691. The fraction of sp³-hybridized carbons (Fsp3) is 0.731. The van der Waals surface area contributed by atoms with E-state index in [2.05, 4.69) is 39.4 Å². The first-order chi connectivity index (χ1) is 15.2. The summed E-state index contributed by atoms with van der Waals surface area (Å²) in [7, 11) is 0. The molecule has 1 N–H and O–H groups in total. The quantitative estimate of drug-likeness (QED) is 0.636. The molecule has 5 heteroatoms. The maximum Gasteiger partial charge on any atom is 0.319 e. The van der Waals surface area contributed by atoms with Crippen LogP contribution in [0.4, 0.5) is 0 Å². The number of nitrogens with zero attached hydrogens (tertiary/aromatic N) is 2. The predicted octanol–water partition coefficient (Wildman–Crippen LogP) is 3.96. The van der Waals surface area contributed by atoms with E-state index in [1.54, 1.807) is 0 Å². The van der Waals surface area contributed by atoms with Crippen molar-refractivity contribution in [2.24, 2.45) is 5.41 Å². The molecule has 0 unspecified atom stereocenters. The van der Waals surface area contributed by atoms with E-state index < -0.39 is 0 Å². The molecule has 31 heavy (non-hydrogen) atoms. The summed E-state index contributed by atoms with van der Waals surface area (Å²) in [6, 6.07) is 9.74. The summed E-state index contributed by atoms with van der Waals surface area (Å²) < 4.78 is 4.95. The minimum Gasteiger partial charge on any atom is -0.465 e. The molecule has 3 fully saturated rings. The van der Waals surface area contributed by atoms with Gasteiger partial charge in [0.25, 0.3) is 0 Å². The van der Waals surface area contributed by atoms with Gasteiger partial charge in [-0.25, -0.2) is 0 Å². The summed E-state index contributed by atoms with van der Waals surface area (Å²) in [5.74, 6) is -0.188. The maximum atomic E-state index is 11.4. The zero-order chi connectivity index (χ0) is 21.5. The van der Waals surface area contributed by atoms with Gasteiger partial charge in [-0.2, -0.15) is 0 Å². The highest BCUT2D eigenvalue weighted by Crippen LogP contribution is 2.42. The van der Waals surface area contributed by atoms with Crippen LogP contribution >= 0.6 is 0 Å². The van der Waals surface area contributed by atoms with Crippen molar-refractivity contribution in [2.45, 2.75) is 77.4 Å². The van der Waals surface area contributed by atoms with Crippen LogP contribution in [0.3, 0.4) is 0 Å². The molecule has 0 amide bonds. The van der Waals surface area contributed by atoms with Gasteiger partial charge >= 0.3 is 5.97 Å². The maximum absolute atomic E-state index is 11.4. The molecule has 0 bridgehead atoms. The minimum atomic E-state index is -0.188. The van der Waals surface area contributed by atoms with Crippen molar-refractivity contribution in [3.8, 4) is 0 Å². The number of rotatable bonds is 8. The molecule has 2 aliphatic heterocycles. The molecule has 172 valence electrons. The van der Waals surface area contributed by atoms with Crippen molar-refractivity contribution in [1.29, 1.82) is 0 Å². The molecule has 0 atom stereocenters. The largest absolute Gasteiger partial charge is 0.465 e. The van der Waals surface area contributed by atoms with Gasteiger partial charge < -0.3 is 15.0 Å². The Morgan fingerprint density at radius 2 is 1.71 bits per heavy atom. The molecule has 0 radical (unpaired) electrons. The molecule has 1 spiro atoms. The summed E-state index contributed by atoms with van der Waals surface area (Å²) in [5.41, 5.74) is 3.18. The van der Waals surface area contributed by atoms with Gasteiger partial charge in [-0.15, -0.1) is 0 Å². The van der Waals surface area contributed by atoms with E-state index in [1.807, 2.05) is 6.92 Å². The summed E-state index contributed by atoms with van der Waals surface area (Å²) in [6.45, 7) is 9.46. The lowest BCUT2D eigenvalue weighted by atomic mass is 9.77. The van der Waals surface area contributed by atoms with Crippen molar-refractivity contribution in [2.75, 3.05) is 39.3 Å². The molecule has 1 aromatic rings. The fourth-order valence-electron chi connectivity index (χ4n) is 5.92. The molecule has 2 saturated heterocycles. The lowest BCUT2D eigenvalue weighted by molar-refractivity contribution is -0.142. The van der Waals surface area contributed by atoms with E-state index in [0.29, 0.717) is 18.6 Å². The summed E-state index contributed by atoms with van der Waals surface area (Å²) in [5, 5.41) is 3.16. The molecule has 3 aliphatic rings. The van der Waals surface area contributed by atoms with Gasteiger partial charge in [-0.3, -0.25) is 9.69 Å². The third-order valence-electron chi connectivity index (χ3n) is 7.80. The Labute approximate surface area is 188 Å². The molecule has 1 saturated carbocycles. The van der Waals surface area contributed by atoms with Crippen LogP contribution < -0.4 is 5.32 Å². The van der Waals surface area contributed by atoms with E-state index in [0.717, 1.165) is 12.6 Å². The van der Waals surface area contributed by atoms with Gasteiger partial charge in [0, 0.05) is 25.7 Å². The van der Waals surface area contributed by atoms with Crippen LogP contribution in [0, 0.1) is 5.41 Å². The molecular weight excluding hydrogens is 386 g/mol. The first kappa shape index (κ1) is 22.8. The highest BCUT2D eigenvalue weighted by molar-refractivity contribution is 5.71. The van der Waals surface area contributed by atoms with Crippen LogP contribution in [0.25, 0.3) is 0 Å². The third-order valence-corrected chi connectivity index (χ3v) is 7.80. The Morgan fingerprint density at radius 3 is 2.42 bits per heavy atom. The number of carbonyl (C=O) groups is 1. The number of nitrogens with one attached hydrogen (secondary N) is 1. The molecular formula is C26H41N3O2. The number of esters is 1. The van der Waals surface area contributed by atoms with Crippen LogP contribution in [0.5, 0.6) is 0 Å². The summed E-state index contributed by atoms with van der Waals surface area (Å²) >= 11 is 0. The Kier molecular flexibility index (Phi) is 8.02. The number of hydrogen-bond acceptors (Lipinski definition) is 5. The SMILES string of the molecule is CCOC(=O)CNCc1ccc(CN2CCC3(CCN(C4CCCCC4)CC3)C2)cc1. The summed E-state index contributed by atoms with van der Waals surface area (Å²) in [4.78, 5) is 16.9. The van der Waals surface area contributed by atoms with Crippen LogP contribution in [0.15, 0.2) is 24.3 Å². The van der Waals surface area contributed by atoms with Gasteiger partial charge in [0.2, 0.25) is 0 Å². The number of carbonyl (C=O) groups excluding carboxylic acids is 1. The summed E-state index contributed by atoms with van der Waals surface area (Å²) in [6.07, 6.45) is 11.4. The smallest absolute Gasteiger partial charge is 0.319 e. The number of hydrogen-bond donors (Lipinski definition) is 1. The first-order valence-electron chi connectivity index (χ1n) is 12.6. The standard InChI is InChI=1S/C26H41N3O2/c1-2-31-25(30)19-27-18-22-8-10-23(11-9-22)20-28-15-12-26(21-28)13-16-29(17-14-26)24-6-4-3-5-7-24/h8-11,24,27H,2-7,12-21H2,1H3. The Hall–Kier alpha value is -1.43. The fourth-order valence-corrected chi connectivity index (χ4v) is 5.92. The molecule has 0 aromatic heterocycles. The van der Waals surface area contributed by atoms with Crippen molar-refractivity contribution in [3.05, 3.63) is 35.4 Å². The zero-order valence-electron chi connectivity index (χ0n) is 19.4. The third kappa shape index (κ3) is 6.30. The van der Waals surface area contributed by atoms with Gasteiger partial charge in [-0.05, 0) is 75.2 Å². The minimum absolute atomic E-state index is 0.188. The second kappa shape index (κ2) is 10.9. The number of benzene rings is 1. The monoisotopic (exact) mass is 427 g/mol. The van der Waals surface area contributed by atoms with E-state index in [4.69, 9.17) is 4.74 Å². The molecule has 4 rings (SSSR count). The van der Waals surface area contributed by atoms with Crippen LogP contribution in [0.2, 0.25) is 0 Å². The van der Waals surface area contributed by atoms with Gasteiger partial charge in [-0.1, -0.05) is 43.5 Å². The van der Waals surface area contributed by atoms with Crippen molar-refractivity contribution >= 4 is 5.97 Å². The van der Waals surface area contributed by atoms with Crippen LogP contribution in [-0.2, 0) is 22.6 Å². The van der Waals surface area contributed by atoms with E-state index >= 15 is 0 Å².